The van der Waals surface area contributed by atoms with Crippen LogP contribution < -0.4 is 0 Å². The summed E-state index contributed by atoms with van der Waals surface area (Å²) in [6, 6.07) is 11.4. The smallest absolute Gasteiger partial charge is 0.177 e. The van der Waals surface area contributed by atoms with E-state index in [9.17, 15) is 8.42 Å². The summed E-state index contributed by atoms with van der Waals surface area (Å²) in [4.78, 5) is 16.3. The molecule has 0 N–H and O–H groups in total. The second-order valence-electron chi connectivity index (χ2n) is 7.96. The lowest BCUT2D eigenvalue weighted by molar-refractivity contribution is 0.197. The fraction of sp³-hybridized carbons (Fsp3) is 0.348. The van der Waals surface area contributed by atoms with Gasteiger partial charge in [0, 0.05) is 55.0 Å². The van der Waals surface area contributed by atoms with E-state index in [0.29, 0.717) is 10.6 Å². The van der Waals surface area contributed by atoms with E-state index >= 15 is 0 Å². The normalized spacial score (nSPS) is 17.7. The Hall–Kier alpha value is -2.64. The summed E-state index contributed by atoms with van der Waals surface area (Å²) in [5, 5.41) is 0. The monoisotopic (exact) mass is 422 g/mol. The Balaban J connectivity index is 1.48. The molecule has 2 aromatic heterocycles. The molecule has 0 bridgehead atoms. The van der Waals surface area contributed by atoms with Gasteiger partial charge in [0.25, 0.3) is 0 Å². The topological polar surface area (TPSA) is 76.1 Å². The molecular formula is C23H26N4O2S. The van der Waals surface area contributed by atoms with Gasteiger partial charge in [-0.25, -0.2) is 18.4 Å². The molecule has 3 heterocycles. The van der Waals surface area contributed by atoms with Crippen molar-refractivity contribution < 1.29 is 8.42 Å². The van der Waals surface area contributed by atoms with Gasteiger partial charge in [-0.1, -0.05) is 24.3 Å². The van der Waals surface area contributed by atoms with Crippen LogP contribution in [0.4, 0.5) is 0 Å². The first-order valence-corrected chi connectivity index (χ1v) is 12.0. The van der Waals surface area contributed by atoms with Gasteiger partial charge < -0.3 is 0 Å². The van der Waals surface area contributed by atoms with Crippen LogP contribution in [0.5, 0.6) is 0 Å². The number of aryl methyl sites for hydroxylation is 1. The van der Waals surface area contributed by atoms with Gasteiger partial charge in [0.05, 0.1) is 10.6 Å². The highest BCUT2D eigenvalue weighted by atomic mass is 32.2. The summed E-state index contributed by atoms with van der Waals surface area (Å²) < 4.78 is 24.3. The second-order valence-corrected chi connectivity index (χ2v) is 9.95. The molecule has 0 radical (unpaired) electrons. The van der Waals surface area contributed by atoms with Crippen molar-refractivity contribution in [3.63, 3.8) is 0 Å². The molecule has 156 valence electrons. The van der Waals surface area contributed by atoms with E-state index in [2.05, 4.69) is 32.8 Å². The molecule has 0 saturated carbocycles. The summed E-state index contributed by atoms with van der Waals surface area (Å²) in [6.45, 7) is 4.55. The number of hydrogen-bond acceptors (Lipinski definition) is 6. The van der Waals surface area contributed by atoms with Gasteiger partial charge in [-0.15, -0.1) is 0 Å². The first-order valence-electron chi connectivity index (χ1n) is 10.2. The molecule has 0 spiro atoms. The Bertz CT molecular complexity index is 1130. The average molecular weight is 423 g/mol. The average Bonchev–Trinajstić information content (AvgIpc) is 2.74. The lowest BCUT2D eigenvalue weighted by Crippen LogP contribution is -2.34. The second kappa shape index (κ2) is 8.62. The summed E-state index contributed by atoms with van der Waals surface area (Å²) in [7, 11) is -3.29. The fourth-order valence-corrected chi connectivity index (χ4v) is 5.03. The predicted molar refractivity (Wildman–Crippen MR) is 117 cm³/mol. The largest absolute Gasteiger partial charge is 0.298 e. The molecule has 7 heteroatoms. The van der Waals surface area contributed by atoms with Crippen molar-refractivity contribution >= 4 is 9.84 Å². The maximum absolute atomic E-state index is 12.2. The number of nitrogens with zero attached hydrogens (tertiary/aromatic N) is 4. The zero-order chi connectivity index (χ0) is 21.1. The zero-order valence-electron chi connectivity index (χ0n) is 17.3. The molecule has 4 rings (SSSR count). The number of benzene rings is 1. The molecule has 1 atom stereocenters. The number of rotatable bonds is 5. The Kier molecular flexibility index (Phi) is 5.92. The van der Waals surface area contributed by atoms with E-state index in [-0.39, 0.29) is 5.92 Å². The highest BCUT2D eigenvalue weighted by Crippen LogP contribution is 2.30. The number of sulfone groups is 1. The van der Waals surface area contributed by atoms with Crippen molar-refractivity contribution in [2.45, 2.75) is 37.1 Å². The molecule has 1 aromatic carbocycles. The third kappa shape index (κ3) is 4.57. The van der Waals surface area contributed by atoms with Crippen LogP contribution in [-0.4, -0.2) is 47.6 Å². The minimum atomic E-state index is -3.29. The quantitative estimate of drug-likeness (QED) is 0.625. The molecule has 1 aliphatic heterocycles. The number of pyridine rings is 1. The van der Waals surface area contributed by atoms with Crippen LogP contribution in [-0.2, 0) is 16.4 Å². The maximum Gasteiger partial charge on any atom is 0.177 e. The predicted octanol–water partition coefficient (Wildman–Crippen LogP) is 3.63. The van der Waals surface area contributed by atoms with Crippen LogP contribution in [0.2, 0.25) is 0 Å². The van der Waals surface area contributed by atoms with Crippen molar-refractivity contribution in [3.05, 3.63) is 71.8 Å². The van der Waals surface area contributed by atoms with Gasteiger partial charge >= 0.3 is 0 Å². The Morgan fingerprint density at radius 2 is 1.83 bits per heavy atom. The molecule has 1 unspecified atom stereocenters. The van der Waals surface area contributed by atoms with Gasteiger partial charge in [-0.3, -0.25) is 9.88 Å². The Morgan fingerprint density at radius 3 is 2.57 bits per heavy atom. The fourth-order valence-electron chi connectivity index (χ4n) is 4.10. The van der Waals surface area contributed by atoms with Gasteiger partial charge in [0.15, 0.2) is 15.7 Å². The Morgan fingerprint density at radius 1 is 1.07 bits per heavy atom. The van der Waals surface area contributed by atoms with Gasteiger partial charge in [-0.05, 0) is 44.0 Å². The molecule has 0 aliphatic carbocycles. The third-order valence-electron chi connectivity index (χ3n) is 5.59. The summed E-state index contributed by atoms with van der Waals surface area (Å²) in [6.07, 6.45) is 8.66. The minimum Gasteiger partial charge on any atom is -0.298 e. The number of piperidine rings is 1. The van der Waals surface area contributed by atoms with E-state index in [4.69, 9.17) is 0 Å². The molecular weight excluding hydrogens is 396 g/mol. The van der Waals surface area contributed by atoms with E-state index in [1.165, 1.54) is 6.26 Å². The van der Waals surface area contributed by atoms with Crippen LogP contribution in [0.15, 0.2) is 59.9 Å². The van der Waals surface area contributed by atoms with Crippen LogP contribution in [0.25, 0.3) is 11.4 Å². The summed E-state index contributed by atoms with van der Waals surface area (Å²) in [5.74, 6) is 0.844. The lowest BCUT2D eigenvalue weighted by atomic mass is 9.94. The minimum absolute atomic E-state index is 0.108. The van der Waals surface area contributed by atoms with Crippen molar-refractivity contribution in [1.82, 2.24) is 19.9 Å². The molecule has 1 saturated heterocycles. The molecule has 30 heavy (non-hydrogen) atoms. The van der Waals surface area contributed by atoms with Gasteiger partial charge in [0.1, 0.15) is 0 Å². The van der Waals surface area contributed by atoms with E-state index in [0.717, 1.165) is 55.0 Å². The molecule has 1 aliphatic rings. The van der Waals surface area contributed by atoms with Crippen LogP contribution in [0.1, 0.15) is 35.6 Å². The number of likely N-dealkylation sites (tertiary alicyclic amines) is 1. The highest BCUT2D eigenvalue weighted by Gasteiger charge is 2.27. The van der Waals surface area contributed by atoms with Crippen molar-refractivity contribution in [2.75, 3.05) is 19.3 Å². The van der Waals surface area contributed by atoms with Crippen LogP contribution in [0, 0.1) is 6.92 Å². The number of aromatic nitrogens is 3. The van der Waals surface area contributed by atoms with Crippen LogP contribution >= 0.6 is 0 Å². The molecule has 1 fully saturated rings. The molecule has 6 nitrogen and oxygen atoms in total. The maximum atomic E-state index is 12.2. The summed E-state index contributed by atoms with van der Waals surface area (Å²) in [5.41, 5.74) is 3.94. The SMILES string of the molecule is Cc1ccccc1-c1ncc(CN2CCCC(c3ncccc3S(C)(=O)=O)C2)cn1. The Labute approximate surface area is 178 Å². The zero-order valence-corrected chi connectivity index (χ0v) is 18.1. The summed E-state index contributed by atoms with van der Waals surface area (Å²) >= 11 is 0. The lowest BCUT2D eigenvalue weighted by Gasteiger charge is -2.32. The van der Waals surface area contributed by atoms with E-state index in [1.54, 1.807) is 18.3 Å². The van der Waals surface area contributed by atoms with E-state index in [1.807, 2.05) is 30.6 Å². The van der Waals surface area contributed by atoms with Crippen LogP contribution in [0.3, 0.4) is 0 Å². The molecule has 0 amide bonds. The van der Waals surface area contributed by atoms with Crippen molar-refractivity contribution in [1.29, 1.82) is 0 Å². The number of hydrogen-bond donors (Lipinski definition) is 0. The van der Waals surface area contributed by atoms with Crippen molar-refractivity contribution in [2.24, 2.45) is 0 Å². The third-order valence-corrected chi connectivity index (χ3v) is 6.73. The first kappa shape index (κ1) is 20.6. The van der Waals surface area contributed by atoms with Gasteiger partial charge in [0.2, 0.25) is 0 Å². The highest BCUT2D eigenvalue weighted by molar-refractivity contribution is 7.90. The first-order chi connectivity index (χ1) is 14.4. The van der Waals surface area contributed by atoms with Gasteiger partial charge in [-0.2, -0.15) is 0 Å². The molecule has 3 aromatic rings. The standard InChI is InChI=1S/C23H26N4O2S/c1-17-7-3-4-9-20(17)23-25-13-18(14-26-23)15-27-12-6-8-19(16-27)22-21(30(2,28)29)10-5-11-24-22/h3-5,7,9-11,13-14,19H,6,8,12,15-16H2,1-2H3. The van der Waals surface area contributed by atoms with E-state index < -0.39 is 9.84 Å². The van der Waals surface area contributed by atoms with Crippen molar-refractivity contribution in [3.8, 4) is 11.4 Å².